The second-order valence-corrected chi connectivity index (χ2v) is 9.14. The highest BCUT2D eigenvalue weighted by molar-refractivity contribution is 6.05. The third-order valence-electron chi connectivity index (χ3n) is 6.91. The number of aryl methyl sites for hydroxylation is 2. The molecule has 0 aliphatic carbocycles. The zero-order valence-electron chi connectivity index (χ0n) is 19.7. The van der Waals surface area contributed by atoms with Crippen molar-refractivity contribution in [1.29, 1.82) is 0 Å². The molecule has 5 rings (SSSR count). The summed E-state index contributed by atoms with van der Waals surface area (Å²) >= 11 is 0. The summed E-state index contributed by atoms with van der Waals surface area (Å²) in [5, 5.41) is 9.76. The van der Waals surface area contributed by atoms with E-state index in [0.29, 0.717) is 55.1 Å². The lowest BCUT2D eigenvalue weighted by Crippen LogP contribution is -2.41. The van der Waals surface area contributed by atoms with E-state index in [1.54, 1.807) is 43.3 Å². The first-order chi connectivity index (χ1) is 16.9. The zero-order chi connectivity index (χ0) is 24.5. The molecule has 3 amide bonds. The Morgan fingerprint density at radius 2 is 2.00 bits per heavy atom. The number of amides is 3. The van der Waals surface area contributed by atoms with E-state index in [9.17, 15) is 14.4 Å². The summed E-state index contributed by atoms with van der Waals surface area (Å²) in [4.78, 5) is 44.5. The van der Waals surface area contributed by atoms with E-state index < -0.39 is 0 Å². The predicted octanol–water partition coefficient (Wildman–Crippen LogP) is 3.20. The van der Waals surface area contributed by atoms with Gasteiger partial charge in [0.1, 0.15) is 11.3 Å². The summed E-state index contributed by atoms with van der Waals surface area (Å²) in [6.07, 6.45) is 4.80. The lowest BCUT2D eigenvalue weighted by molar-refractivity contribution is -0.118. The fourth-order valence-corrected chi connectivity index (χ4v) is 5.06. The van der Waals surface area contributed by atoms with Crippen LogP contribution in [0.1, 0.15) is 62.1 Å². The molecule has 0 bridgehead atoms. The largest absolute Gasteiger partial charge is 0.361 e. The summed E-state index contributed by atoms with van der Waals surface area (Å²) in [7, 11) is 0. The maximum Gasteiger partial charge on any atom is 0.259 e. The average Bonchev–Trinajstić information content (AvgIpc) is 3.39. The molecule has 4 heterocycles. The Morgan fingerprint density at radius 1 is 1.20 bits per heavy atom. The van der Waals surface area contributed by atoms with Crippen LogP contribution < -0.4 is 10.6 Å². The molecule has 2 aliphatic rings. The van der Waals surface area contributed by atoms with Crippen LogP contribution in [0.2, 0.25) is 0 Å². The highest BCUT2D eigenvalue weighted by atomic mass is 16.5. The molecule has 0 spiro atoms. The molecule has 9 nitrogen and oxygen atoms in total. The molecule has 2 N–H and O–H groups in total. The van der Waals surface area contributed by atoms with Crippen LogP contribution in [0.15, 0.2) is 47.2 Å². The van der Waals surface area contributed by atoms with Crippen molar-refractivity contribution in [2.75, 3.05) is 18.4 Å². The SMILES string of the molecule is Cc1noc(C)c1C(=O)N1CCC([C@@H]2C(=O)Nc3ccc(C(=O)NCc4cccnc4)cc32)CC1. The Hall–Kier alpha value is -4.01. The molecule has 2 aliphatic heterocycles. The molecule has 180 valence electrons. The number of likely N-dealkylation sites (tertiary alicyclic amines) is 1. The summed E-state index contributed by atoms with van der Waals surface area (Å²) in [5.74, 6) is -0.0688. The van der Waals surface area contributed by atoms with Crippen molar-refractivity contribution in [1.82, 2.24) is 20.4 Å². The van der Waals surface area contributed by atoms with Gasteiger partial charge in [-0.2, -0.15) is 0 Å². The van der Waals surface area contributed by atoms with Crippen molar-refractivity contribution in [3.63, 3.8) is 0 Å². The van der Waals surface area contributed by atoms with Gasteiger partial charge in [0, 0.05) is 43.3 Å². The number of fused-ring (bicyclic) bond motifs is 1. The fourth-order valence-electron chi connectivity index (χ4n) is 5.06. The minimum Gasteiger partial charge on any atom is -0.361 e. The second-order valence-electron chi connectivity index (χ2n) is 9.14. The van der Waals surface area contributed by atoms with Gasteiger partial charge in [0.25, 0.3) is 11.8 Å². The van der Waals surface area contributed by atoms with Gasteiger partial charge in [-0.25, -0.2) is 0 Å². The Morgan fingerprint density at radius 3 is 2.69 bits per heavy atom. The van der Waals surface area contributed by atoms with Gasteiger partial charge in [-0.3, -0.25) is 19.4 Å². The van der Waals surface area contributed by atoms with Crippen molar-refractivity contribution in [3.05, 3.63) is 76.4 Å². The highest BCUT2D eigenvalue weighted by Gasteiger charge is 2.39. The molecule has 9 heteroatoms. The van der Waals surface area contributed by atoms with Gasteiger partial charge in [-0.05, 0) is 68.0 Å². The first-order valence-corrected chi connectivity index (χ1v) is 11.8. The number of aromatic nitrogens is 2. The van der Waals surface area contributed by atoms with E-state index in [-0.39, 0.29) is 29.6 Å². The Labute approximate surface area is 202 Å². The van der Waals surface area contributed by atoms with Crippen LogP contribution in [-0.2, 0) is 11.3 Å². The van der Waals surface area contributed by atoms with Gasteiger partial charge in [-0.15, -0.1) is 0 Å². The smallest absolute Gasteiger partial charge is 0.259 e. The third kappa shape index (κ3) is 4.41. The number of carbonyl (C=O) groups is 3. The van der Waals surface area contributed by atoms with Crippen LogP contribution in [0.4, 0.5) is 5.69 Å². The Kier molecular flexibility index (Phi) is 6.07. The number of anilines is 1. The number of nitrogens with one attached hydrogen (secondary N) is 2. The average molecular weight is 474 g/mol. The van der Waals surface area contributed by atoms with Crippen molar-refractivity contribution in [3.8, 4) is 0 Å². The lowest BCUT2D eigenvalue weighted by Gasteiger charge is -2.34. The summed E-state index contributed by atoms with van der Waals surface area (Å²) in [5.41, 5.74) is 4.13. The Bertz CT molecular complexity index is 1260. The van der Waals surface area contributed by atoms with E-state index >= 15 is 0 Å². The molecule has 0 unspecified atom stereocenters. The molecule has 1 saturated heterocycles. The first kappa shape index (κ1) is 22.8. The number of carbonyl (C=O) groups excluding carboxylic acids is 3. The van der Waals surface area contributed by atoms with Crippen LogP contribution in [-0.4, -0.2) is 45.9 Å². The first-order valence-electron chi connectivity index (χ1n) is 11.8. The zero-order valence-corrected chi connectivity index (χ0v) is 19.7. The molecule has 1 aromatic carbocycles. The van der Waals surface area contributed by atoms with Gasteiger partial charge in [0.05, 0.1) is 11.6 Å². The summed E-state index contributed by atoms with van der Waals surface area (Å²) < 4.78 is 5.15. The van der Waals surface area contributed by atoms with Gasteiger partial charge in [0.2, 0.25) is 5.91 Å². The summed E-state index contributed by atoms with van der Waals surface area (Å²) in [6, 6.07) is 9.06. The number of rotatable bonds is 5. The quantitative estimate of drug-likeness (QED) is 0.588. The van der Waals surface area contributed by atoms with Gasteiger partial charge >= 0.3 is 0 Å². The van der Waals surface area contributed by atoms with Crippen molar-refractivity contribution in [2.24, 2.45) is 5.92 Å². The number of hydrogen-bond acceptors (Lipinski definition) is 6. The molecule has 0 radical (unpaired) electrons. The number of piperidine rings is 1. The minimum absolute atomic E-state index is 0.0524. The molecule has 2 aromatic heterocycles. The molecule has 1 fully saturated rings. The minimum atomic E-state index is -0.340. The molecule has 35 heavy (non-hydrogen) atoms. The molecule has 0 saturated carbocycles. The van der Waals surface area contributed by atoms with Crippen molar-refractivity contribution < 1.29 is 18.9 Å². The van der Waals surface area contributed by atoms with E-state index in [1.807, 2.05) is 18.2 Å². The molecular weight excluding hydrogens is 446 g/mol. The van der Waals surface area contributed by atoms with Crippen LogP contribution in [0.25, 0.3) is 0 Å². The number of hydrogen-bond donors (Lipinski definition) is 2. The predicted molar refractivity (Wildman–Crippen MR) is 128 cm³/mol. The maximum absolute atomic E-state index is 13.0. The van der Waals surface area contributed by atoms with Gasteiger partial charge in [0.15, 0.2) is 0 Å². The second kappa shape index (κ2) is 9.32. The molecular formula is C26H27N5O4. The maximum atomic E-state index is 13.0. The molecule has 1 atom stereocenters. The monoisotopic (exact) mass is 473 g/mol. The lowest BCUT2D eigenvalue weighted by atomic mass is 9.80. The normalized spacial score (nSPS) is 17.7. The number of pyridine rings is 1. The van der Waals surface area contributed by atoms with E-state index in [2.05, 4.69) is 20.8 Å². The van der Waals surface area contributed by atoms with E-state index in [1.165, 1.54) is 0 Å². The van der Waals surface area contributed by atoms with Crippen molar-refractivity contribution in [2.45, 2.75) is 39.2 Å². The van der Waals surface area contributed by atoms with Gasteiger partial charge < -0.3 is 20.1 Å². The van der Waals surface area contributed by atoms with Crippen LogP contribution in [0, 0.1) is 19.8 Å². The van der Waals surface area contributed by atoms with Crippen molar-refractivity contribution >= 4 is 23.4 Å². The summed E-state index contributed by atoms with van der Waals surface area (Å²) in [6.45, 7) is 4.99. The number of nitrogens with zero attached hydrogens (tertiary/aromatic N) is 3. The van der Waals surface area contributed by atoms with Crippen LogP contribution in [0.3, 0.4) is 0 Å². The Balaban J connectivity index is 1.27. The van der Waals surface area contributed by atoms with Gasteiger partial charge in [-0.1, -0.05) is 11.2 Å². The number of benzene rings is 1. The fraction of sp³-hybridized carbons (Fsp3) is 0.346. The molecule has 3 aromatic rings. The van der Waals surface area contributed by atoms with Crippen LogP contribution >= 0.6 is 0 Å². The van der Waals surface area contributed by atoms with E-state index in [0.717, 1.165) is 16.8 Å². The topological polar surface area (TPSA) is 117 Å². The standard InChI is InChI=1S/C26H27N5O4/c1-15-22(16(2)35-30-15)26(34)31-10-7-18(8-11-31)23-20-12-19(5-6-21(20)29-25(23)33)24(32)28-14-17-4-3-9-27-13-17/h3-6,9,12-13,18,23H,7-8,10-11,14H2,1-2H3,(H,28,32)(H,29,33)/t23-/m0/s1. The van der Waals surface area contributed by atoms with Crippen LogP contribution in [0.5, 0.6) is 0 Å². The third-order valence-corrected chi connectivity index (χ3v) is 6.91. The highest BCUT2D eigenvalue weighted by Crippen LogP contribution is 2.42. The van der Waals surface area contributed by atoms with E-state index in [4.69, 9.17) is 4.52 Å².